The van der Waals surface area contributed by atoms with Crippen LogP contribution in [0.5, 0.6) is 0 Å². The lowest BCUT2D eigenvalue weighted by Gasteiger charge is -2.10. The molecule has 2 aliphatic carbocycles. The molecule has 0 radical (unpaired) electrons. The van der Waals surface area contributed by atoms with E-state index in [0.717, 1.165) is 24.7 Å². The highest BCUT2D eigenvalue weighted by atomic mass is 14.4. The van der Waals surface area contributed by atoms with Crippen LogP contribution >= 0.6 is 0 Å². The van der Waals surface area contributed by atoms with Crippen molar-refractivity contribution in [2.24, 2.45) is 11.8 Å². The first-order valence-electron chi connectivity index (χ1n) is 4.98. The van der Waals surface area contributed by atoms with Crippen LogP contribution in [0.3, 0.4) is 0 Å². The Morgan fingerprint density at radius 3 is 1.85 bits per heavy atom. The van der Waals surface area contributed by atoms with E-state index < -0.39 is 0 Å². The predicted molar refractivity (Wildman–Crippen MR) is 57.4 cm³/mol. The number of rotatable bonds is 4. The molecule has 0 heterocycles. The molecule has 2 atom stereocenters. The van der Waals surface area contributed by atoms with Crippen molar-refractivity contribution >= 4 is 0 Å². The number of hydrogen-bond acceptors (Lipinski definition) is 0. The van der Waals surface area contributed by atoms with Crippen molar-refractivity contribution in [1.82, 2.24) is 0 Å². The van der Waals surface area contributed by atoms with Crippen molar-refractivity contribution < 1.29 is 0 Å². The fourth-order valence-electron chi connectivity index (χ4n) is 2.46. The van der Waals surface area contributed by atoms with Gasteiger partial charge in [0.15, 0.2) is 0 Å². The summed E-state index contributed by atoms with van der Waals surface area (Å²) >= 11 is 0. The Bertz CT molecular complexity index is 261. The number of fused-ring (bicyclic) bond motifs is 2. The van der Waals surface area contributed by atoms with Gasteiger partial charge in [-0.2, -0.15) is 0 Å². The van der Waals surface area contributed by atoms with E-state index in [2.05, 4.69) is 25.3 Å². The Kier molecular flexibility index (Phi) is 2.22. The zero-order valence-electron chi connectivity index (χ0n) is 8.00. The van der Waals surface area contributed by atoms with E-state index in [9.17, 15) is 0 Å². The molecule has 0 fully saturated rings. The first-order chi connectivity index (χ1) is 6.35. The summed E-state index contributed by atoms with van der Waals surface area (Å²) in [5, 5.41) is 0. The van der Waals surface area contributed by atoms with Gasteiger partial charge in [0.1, 0.15) is 0 Å². The molecule has 2 aliphatic rings. The minimum absolute atomic E-state index is 0.720. The van der Waals surface area contributed by atoms with Crippen LogP contribution in [0.2, 0.25) is 0 Å². The summed E-state index contributed by atoms with van der Waals surface area (Å²) in [5.41, 5.74) is 3.15. The van der Waals surface area contributed by atoms with Gasteiger partial charge in [0.25, 0.3) is 0 Å². The van der Waals surface area contributed by atoms with Crippen molar-refractivity contribution in [2.75, 3.05) is 0 Å². The molecule has 0 amide bonds. The second-order valence-electron chi connectivity index (χ2n) is 3.92. The van der Waals surface area contributed by atoms with Crippen molar-refractivity contribution in [3.8, 4) is 0 Å². The summed E-state index contributed by atoms with van der Waals surface area (Å²) in [4.78, 5) is 0. The van der Waals surface area contributed by atoms with E-state index in [1.54, 1.807) is 11.1 Å². The first-order valence-corrected chi connectivity index (χ1v) is 4.98. The van der Waals surface area contributed by atoms with Gasteiger partial charge in [-0.3, -0.25) is 0 Å². The van der Waals surface area contributed by atoms with E-state index >= 15 is 0 Å². The lowest BCUT2D eigenvalue weighted by Crippen LogP contribution is -1.94. The van der Waals surface area contributed by atoms with Gasteiger partial charge < -0.3 is 0 Å². The summed E-state index contributed by atoms with van der Waals surface area (Å²) in [6.07, 6.45) is 12.3. The van der Waals surface area contributed by atoms with Gasteiger partial charge in [0.05, 0.1) is 0 Å². The third-order valence-electron chi connectivity index (χ3n) is 3.05. The molecule has 0 spiro atoms. The summed E-state index contributed by atoms with van der Waals surface area (Å²) in [6.45, 7) is 7.57. The number of hydrogen-bond donors (Lipinski definition) is 0. The highest BCUT2D eigenvalue weighted by molar-refractivity contribution is 5.37. The lowest BCUT2D eigenvalue weighted by atomic mass is 9.96. The minimum Gasteiger partial charge on any atom is -0.103 e. The monoisotopic (exact) mass is 172 g/mol. The van der Waals surface area contributed by atoms with E-state index in [4.69, 9.17) is 0 Å². The molecule has 0 unspecified atom stereocenters. The molecule has 0 aromatic rings. The normalized spacial score (nSPS) is 29.8. The van der Waals surface area contributed by atoms with Crippen molar-refractivity contribution in [2.45, 2.75) is 19.3 Å². The first kappa shape index (κ1) is 8.55. The van der Waals surface area contributed by atoms with Gasteiger partial charge in [-0.15, -0.1) is 13.2 Å². The maximum absolute atomic E-state index is 3.79. The number of allylic oxidation sites excluding steroid dienone is 6. The molecule has 0 aliphatic heterocycles. The van der Waals surface area contributed by atoms with Crippen LogP contribution < -0.4 is 0 Å². The summed E-state index contributed by atoms with van der Waals surface area (Å²) in [5.74, 6) is 1.44. The molecule has 0 saturated carbocycles. The van der Waals surface area contributed by atoms with Gasteiger partial charge in [-0.1, -0.05) is 35.5 Å². The van der Waals surface area contributed by atoms with Crippen LogP contribution in [0.25, 0.3) is 0 Å². The second kappa shape index (κ2) is 3.37. The fraction of sp³-hybridized carbons (Fsp3) is 0.385. The van der Waals surface area contributed by atoms with Gasteiger partial charge in [0, 0.05) is 0 Å². The van der Waals surface area contributed by atoms with Crippen LogP contribution in [0.4, 0.5) is 0 Å². The summed E-state index contributed by atoms with van der Waals surface area (Å²) < 4.78 is 0. The Morgan fingerprint density at radius 2 is 1.54 bits per heavy atom. The average molecular weight is 172 g/mol. The molecule has 68 valence electrons. The molecule has 0 heteroatoms. The third-order valence-corrected chi connectivity index (χ3v) is 3.05. The zero-order valence-corrected chi connectivity index (χ0v) is 8.00. The highest BCUT2D eigenvalue weighted by Crippen LogP contribution is 2.45. The van der Waals surface area contributed by atoms with Crippen LogP contribution in [0.1, 0.15) is 19.3 Å². The fourth-order valence-corrected chi connectivity index (χ4v) is 2.46. The van der Waals surface area contributed by atoms with Crippen LogP contribution in [0, 0.1) is 11.8 Å². The van der Waals surface area contributed by atoms with E-state index in [-0.39, 0.29) is 0 Å². The largest absolute Gasteiger partial charge is 0.103 e. The molecule has 0 aromatic carbocycles. The van der Waals surface area contributed by atoms with Crippen LogP contribution in [-0.4, -0.2) is 0 Å². The second-order valence-corrected chi connectivity index (χ2v) is 3.92. The maximum atomic E-state index is 3.79. The van der Waals surface area contributed by atoms with Gasteiger partial charge in [-0.05, 0) is 31.1 Å². The van der Waals surface area contributed by atoms with Crippen LogP contribution in [-0.2, 0) is 0 Å². The van der Waals surface area contributed by atoms with Gasteiger partial charge in [-0.25, -0.2) is 0 Å². The molecular formula is C13H16. The molecule has 0 saturated heterocycles. The molecule has 0 nitrogen and oxygen atoms in total. The summed E-state index contributed by atoms with van der Waals surface area (Å²) in [7, 11) is 0. The Labute approximate surface area is 80.3 Å². The molecule has 0 N–H and O–H groups in total. The quantitative estimate of drug-likeness (QED) is 0.568. The maximum Gasteiger partial charge on any atom is -0.000827 e. The molecule has 13 heavy (non-hydrogen) atoms. The summed E-state index contributed by atoms with van der Waals surface area (Å²) in [6, 6.07) is 0. The van der Waals surface area contributed by atoms with Crippen molar-refractivity contribution in [3.63, 3.8) is 0 Å². The van der Waals surface area contributed by atoms with Gasteiger partial charge in [0.2, 0.25) is 0 Å². The molecular weight excluding hydrogens is 156 g/mol. The van der Waals surface area contributed by atoms with Crippen LogP contribution in [0.15, 0.2) is 48.6 Å². The Hall–Kier alpha value is -1.04. The minimum atomic E-state index is 0.720. The highest BCUT2D eigenvalue weighted by Gasteiger charge is 2.31. The predicted octanol–water partition coefficient (Wildman–Crippen LogP) is 3.64. The van der Waals surface area contributed by atoms with Crippen molar-refractivity contribution in [1.29, 1.82) is 0 Å². The Balaban J connectivity index is 2.07. The standard InChI is InChI=1S/C13H16/c1-3-5-10-7-13-9-12(10)8-11(13)6-4-2/h3-4,7-8,12-13H,1-2,5-6,9H2/t12-,13-/m1/s1. The topological polar surface area (TPSA) is 0 Å². The third kappa shape index (κ3) is 1.41. The zero-order chi connectivity index (χ0) is 9.26. The van der Waals surface area contributed by atoms with E-state index in [0.29, 0.717) is 0 Å². The molecule has 2 bridgehead atoms. The van der Waals surface area contributed by atoms with Gasteiger partial charge >= 0.3 is 0 Å². The Morgan fingerprint density at radius 1 is 1.08 bits per heavy atom. The van der Waals surface area contributed by atoms with E-state index in [1.807, 2.05) is 12.2 Å². The SMILES string of the molecule is C=CCC1=C[C@@H]2C[C@H]1C=C2CC=C. The lowest BCUT2D eigenvalue weighted by molar-refractivity contribution is 0.689. The van der Waals surface area contributed by atoms with Crippen molar-refractivity contribution in [3.05, 3.63) is 48.6 Å². The average Bonchev–Trinajstić information content (AvgIpc) is 2.65. The smallest absolute Gasteiger partial charge is 0.000827 e. The molecule has 0 aromatic heterocycles. The van der Waals surface area contributed by atoms with E-state index in [1.165, 1.54) is 6.42 Å². The molecule has 2 rings (SSSR count).